The molecule has 3 N–H and O–H groups in total. The van der Waals surface area contributed by atoms with Crippen LogP contribution in [0.3, 0.4) is 0 Å². The fourth-order valence-corrected chi connectivity index (χ4v) is 2.64. The van der Waals surface area contributed by atoms with Crippen molar-refractivity contribution < 1.29 is 9.90 Å². The van der Waals surface area contributed by atoms with Crippen LogP contribution in [0.1, 0.15) is 15.4 Å². The second-order valence-corrected chi connectivity index (χ2v) is 4.29. The molecular formula is C9H7N3O2S. The summed E-state index contributed by atoms with van der Waals surface area (Å²) in [5.41, 5.74) is 2.72. The summed E-state index contributed by atoms with van der Waals surface area (Å²) in [7, 11) is 0. The lowest BCUT2D eigenvalue weighted by atomic mass is 10.2. The van der Waals surface area contributed by atoms with E-state index >= 15 is 0 Å². The first kappa shape index (κ1) is 8.49. The van der Waals surface area contributed by atoms with E-state index in [-0.39, 0.29) is 0 Å². The van der Waals surface area contributed by atoms with Crippen LogP contribution in [0.5, 0.6) is 0 Å². The highest BCUT2D eigenvalue weighted by atomic mass is 32.1. The Morgan fingerprint density at radius 2 is 2.47 bits per heavy atom. The van der Waals surface area contributed by atoms with E-state index in [2.05, 4.69) is 15.3 Å². The molecule has 0 bridgehead atoms. The van der Waals surface area contributed by atoms with Crippen LogP contribution in [-0.4, -0.2) is 21.0 Å². The van der Waals surface area contributed by atoms with E-state index in [9.17, 15) is 4.79 Å². The molecule has 76 valence electrons. The van der Waals surface area contributed by atoms with Crippen LogP contribution in [-0.2, 0) is 6.54 Å². The Bertz CT molecular complexity index is 543. The number of carbonyl (C=O) groups is 1. The molecule has 2 aromatic rings. The average molecular weight is 221 g/mol. The number of H-pyrrole nitrogens is 1. The van der Waals surface area contributed by atoms with Crippen LogP contribution in [0, 0.1) is 0 Å². The summed E-state index contributed by atoms with van der Waals surface area (Å²) in [5.74, 6) is -0.895. The minimum atomic E-state index is -0.895. The number of rotatable bonds is 1. The number of aromatic nitrogens is 2. The van der Waals surface area contributed by atoms with Crippen LogP contribution in [0.2, 0.25) is 0 Å². The number of imidazole rings is 1. The molecule has 0 spiro atoms. The molecule has 15 heavy (non-hydrogen) atoms. The van der Waals surface area contributed by atoms with Crippen LogP contribution >= 0.6 is 11.3 Å². The molecule has 0 atom stereocenters. The molecule has 0 radical (unpaired) electrons. The molecule has 0 saturated carbocycles. The second kappa shape index (κ2) is 2.83. The Morgan fingerprint density at radius 3 is 3.27 bits per heavy atom. The van der Waals surface area contributed by atoms with Crippen molar-refractivity contribution in [1.29, 1.82) is 0 Å². The van der Waals surface area contributed by atoms with Gasteiger partial charge in [-0.25, -0.2) is 9.78 Å². The predicted molar refractivity (Wildman–Crippen MR) is 56.2 cm³/mol. The fourth-order valence-electron chi connectivity index (χ4n) is 1.64. The smallest absolute Gasteiger partial charge is 0.345 e. The van der Waals surface area contributed by atoms with Gasteiger partial charge in [0.15, 0.2) is 0 Å². The summed E-state index contributed by atoms with van der Waals surface area (Å²) in [6.07, 6.45) is 1.63. The van der Waals surface area contributed by atoms with Gasteiger partial charge in [0.2, 0.25) is 0 Å². The van der Waals surface area contributed by atoms with Gasteiger partial charge in [0.1, 0.15) is 10.6 Å². The third-order valence-electron chi connectivity index (χ3n) is 2.33. The zero-order valence-electron chi connectivity index (χ0n) is 7.57. The van der Waals surface area contributed by atoms with Gasteiger partial charge in [0, 0.05) is 0 Å². The number of thiophene rings is 1. The van der Waals surface area contributed by atoms with E-state index in [4.69, 9.17) is 5.11 Å². The molecule has 3 rings (SSSR count). The Morgan fingerprint density at radius 1 is 1.60 bits per heavy atom. The zero-order chi connectivity index (χ0) is 10.4. The minimum absolute atomic E-state index is 0.336. The lowest BCUT2D eigenvalue weighted by molar-refractivity contribution is 0.0702. The van der Waals surface area contributed by atoms with Crippen LogP contribution in [0.15, 0.2) is 12.4 Å². The number of anilines is 1. The molecule has 5 nitrogen and oxygen atoms in total. The van der Waals surface area contributed by atoms with Crippen molar-refractivity contribution in [3.63, 3.8) is 0 Å². The standard InChI is InChI=1S/C9H7N3O2S/c13-9(14)6-1-4-8(15-6)7-5(2-10-4)11-3-12-7/h1,3,10H,2H2,(H,11,12)(H,13,14). The van der Waals surface area contributed by atoms with Crippen molar-refractivity contribution in [3.05, 3.63) is 23.0 Å². The van der Waals surface area contributed by atoms with Gasteiger partial charge in [-0.2, -0.15) is 0 Å². The van der Waals surface area contributed by atoms with E-state index in [1.54, 1.807) is 12.4 Å². The number of fused-ring (bicyclic) bond motifs is 3. The Hall–Kier alpha value is -1.82. The summed E-state index contributed by atoms with van der Waals surface area (Å²) >= 11 is 1.25. The quantitative estimate of drug-likeness (QED) is 0.685. The fraction of sp³-hybridized carbons (Fsp3) is 0.111. The number of carboxylic acid groups (broad SMARTS) is 1. The average Bonchev–Trinajstić information content (AvgIpc) is 2.82. The molecular weight excluding hydrogens is 214 g/mol. The number of hydrogen-bond acceptors (Lipinski definition) is 4. The van der Waals surface area contributed by atoms with Gasteiger partial charge in [-0.1, -0.05) is 0 Å². The van der Waals surface area contributed by atoms with Gasteiger partial charge in [-0.3, -0.25) is 0 Å². The molecule has 3 heterocycles. The Balaban J connectivity index is 2.20. The maximum atomic E-state index is 10.8. The molecule has 6 heteroatoms. The molecule has 0 unspecified atom stereocenters. The van der Waals surface area contributed by atoms with Gasteiger partial charge in [-0.15, -0.1) is 11.3 Å². The molecule has 0 aliphatic carbocycles. The molecule has 1 aliphatic heterocycles. The largest absolute Gasteiger partial charge is 0.477 e. The highest BCUT2D eigenvalue weighted by molar-refractivity contribution is 7.18. The topological polar surface area (TPSA) is 78.0 Å². The van der Waals surface area contributed by atoms with Crippen molar-refractivity contribution >= 4 is 23.0 Å². The number of hydrogen-bond donors (Lipinski definition) is 3. The van der Waals surface area contributed by atoms with Crippen LogP contribution < -0.4 is 5.32 Å². The highest BCUT2D eigenvalue weighted by Gasteiger charge is 2.22. The molecule has 1 aliphatic rings. The van der Waals surface area contributed by atoms with E-state index in [0.717, 1.165) is 22.0 Å². The van der Waals surface area contributed by atoms with E-state index in [1.165, 1.54) is 11.3 Å². The summed E-state index contributed by atoms with van der Waals surface area (Å²) in [5, 5.41) is 12.0. The summed E-state index contributed by atoms with van der Waals surface area (Å²) in [4.78, 5) is 19.3. The first-order valence-electron chi connectivity index (χ1n) is 4.39. The van der Waals surface area contributed by atoms with E-state index in [0.29, 0.717) is 11.4 Å². The second-order valence-electron chi connectivity index (χ2n) is 3.24. The third-order valence-corrected chi connectivity index (χ3v) is 3.46. The lowest BCUT2D eigenvalue weighted by Crippen LogP contribution is -2.05. The Kier molecular flexibility index (Phi) is 1.60. The molecule has 0 saturated heterocycles. The lowest BCUT2D eigenvalue weighted by Gasteiger charge is -2.12. The number of nitrogens with zero attached hydrogens (tertiary/aromatic N) is 1. The minimum Gasteiger partial charge on any atom is -0.477 e. The molecule has 0 fully saturated rings. The SMILES string of the molecule is O=C(O)c1cc2c(s1)-c1nc[nH]c1CN2. The predicted octanol–water partition coefficient (Wildman–Crippen LogP) is 1.76. The van der Waals surface area contributed by atoms with E-state index < -0.39 is 5.97 Å². The van der Waals surface area contributed by atoms with Crippen molar-refractivity contribution in [2.45, 2.75) is 6.54 Å². The maximum Gasteiger partial charge on any atom is 0.345 e. The van der Waals surface area contributed by atoms with Crippen LogP contribution in [0.25, 0.3) is 10.6 Å². The van der Waals surface area contributed by atoms with Crippen molar-refractivity contribution in [1.82, 2.24) is 9.97 Å². The zero-order valence-corrected chi connectivity index (χ0v) is 8.39. The summed E-state index contributed by atoms with van der Waals surface area (Å²) in [6.45, 7) is 0.665. The van der Waals surface area contributed by atoms with Gasteiger partial charge in [-0.05, 0) is 6.07 Å². The Labute approximate surface area is 88.8 Å². The summed E-state index contributed by atoms with van der Waals surface area (Å²) < 4.78 is 0. The number of aromatic carboxylic acids is 1. The van der Waals surface area contributed by atoms with Gasteiger partial charge in [0.25, 0.3) is 0 Å². The molecule has 2 aromatic heterocycles. The number of carboxylic acids is 1. The van der Waals surface area contributed by atoms with Crippen molar-refractivity contribution in [2.24, 2.45) is 0 Å². The monoisotopic (exact) mass is 221 g/mol. The molecule has 0 amide bonds. The van der Waals surface area contributed by atoms with Gasteiger partial charge >= 0.3 is 5.97 Å². The number of nitrogens with one attached hydrogen (secondary N) is 2. The first-order valence-corrected chi connectivity index (χ1v) is 5.21. The van der Waals surface area contributed by atoms with Gasteiger partial charge < -0.3 is 15.4 Å². The molecule has 0 aromatic carbocycles. The number of aromatic amines is 1. The third kappa shape index (κ3) is 1.15. The normalized spacial score (nSPS) is 12.8. The highest BCUT2D eigenvalue weighted by Crippen LogP contribution is 2.40. The van der Waals surface area contributed by atoms with Crippen molar-refractivity contribution in [2.75, 3.05) is 5.32 Å². The summed E-state index contributed by atoms with van der Waals surface area (Å²) in [6, 6.07) is 1.65. The first-order chi connectivity index (χ1) is 7.25. The van der Waals surface area contributed by atoms with E-state index in [1.807, 2.05) is 0 Å². The van der Waals surface area contributed by atoms with Crippen LogP contribution in [0.4, 0.5) is 5.69 Å². The maximum absolute atomic E-state index is 10.8. The van der Waals surface area contributed by atoms with Crippen molar-refractivity contribution in [3.8, 4) is 10.6 Å². The van der Waals surface area contributed by atoms with Gasteiger partial charge in [0.05, 0.1) is 29.1 Å².